The van der Waals surface area contributed by atoms with Gasteiger partial charge >= 0.3 is 5.97 Å². The number of piperazine rings is 1. The first-order valence-corrected chi connectivity index (χ1v) is 6.85. The molecule has 1 aliphatic heterocycles. The molecule has 0 spiro atoms. The summed E-state index contributed by atoms with van der Waals surface area (Å²) in [5.41, 5.74) is 1.24. The lowest BCUT2D eigenvalue weighted by molar-refractivity contribution is -0.126. The number of carbonyl (C=O) groups excluding carboxylic acids is 2. The molecule has 2 rings (SSSR count). The largest absolute Gasteiger partial charge is 0.465 e. The third-order valence-electron chi connectivity index (χ3n) is 3.51. The first-order chi connectivity index (χ1) is 10.2. The molecule has 1 atom stereocenters. The summed E-state index contributed by atoms with van der Waals surface area (Å²) >= 11 is 0. The minimum atomic E-state index is -0.403. The molecule has 0 saturated carbocycles. The summed E-state index contributed by atoms with van der Waals surface area (Å²) < 4.78 is 4.64. The van der Waals surface area contributed by atoms with Gasteiger partial charge in [-0.3, -0.25) is 14.7 Å². The van der Waals surface area contributed by atoms with Gasteiger partial charge < -0.3 is 15.4 Å². The summed E-state index contributed by atoms with van der Waals surface area (Å²) in [6.45, 7) is 2.81. The van der Waals surface area contributed by atoms with Crippen LogP contribution in [0.3, 0.4) is 0 Å². The standard InChI is InChI=1S/C14H20N4O3/c1-15-13(19)12-8-16-5-6-18(12)9-11-4-3-10(7-17-11)14(20)21-2/h3-4,7,12,16H,5-6,8-9H2,1-2H3,(H,15,19). The number of aromatic nitrogens is 1. The molecule has 2 N–H and O–H groups in total. The van der Waals surface area contributed by atoms with E-state index in [1.165, 1.54) is 13.3 Å². The zero-order chi connectivity index (χ0) is 15.2. The van der Waals surface area contributed by atoms with E-state index >= 15 is 0 Å². The van der Waals surface area contributed by atoms with Gasteiger partial charge in [0.05, 0.1) is 18.4 Å². The number of ether oxygens (including phenoxy) is 1. The van der Waals surface area contributed by atoms with Crippen molar-refractivity contribution in [2.75, 3.05) is 33.8 Å². The van der Waals surface area contributed by atoms with Crippen LogP contribution >= 0.6 is 0 Å². The Morgan fingerprint density at radius 1 is 1.52 bits per heavy atom. The molecule has 0 radical (unpaired) electrons. The maximum absolute atomic E-state index is 11.9. The summed E-state index contributed by atoms with van der Waals surface area (Å²) in [5, 5.41) is 5.89. The molecule has 1 aromatic heterocycles. The highest BCUT2D eigenvalue weighted by Gasteiger charge is 2.28. The van der Waals surface area contributed by atoms with Gasteiger partial charge in [0.1, 0.15) is 6.04 Å². The van der Waals surface area contributed by atoms with E-state index in [4.69, 9.17) is 0 Å². The minimum Gasteiger partial charge on any atom is -0.465 e. The first kappa shape index (κ1) is 15.4. The van der Waals surface area contributed by atoms with E-state index in [0.29, 0.717) is 18.7 Å². The number of methoxy groups -OCH3 is 1. The van der Waals surface area contributed by atoms with Crippen molar-refractivity contribution in [3.63, 3.8) is 0 Å². The van der Waals surface area contributed by atoms with Crippen molar-refractivity contribution in [3.05, 3.63) is 29.6 Å². The van der Waals surface area contributed by atoms with E-state index in [9.17, 15) is 9.59 Å². The highest BCUT2D eigenvalue weighted by Crippen LogP contribution is 2.10. The molecule has 1 saturated heterocycles. The Balaban J connectivity index is 2.05. The molecule has 0 bridgehead atoms. The molecular weight excluding hydrogens is 272 g/mol. The molecule has 1 amide bonds. The number of hydrogen-bond acceptors (Lipinski definition) is 6. The van der Waals surface area contributed by atoms with Gasteiger partial charge in [-0.05, 0) is 12.1 Å². The number of hydrogen-bond donors (Lipinski definition) is 2. The Morgan fingerprint density at radius 3 is 2.95 bits per heavy atom. The lowest BCUT2D eigenvalue weighted by atomic mass is 10.1. The average molecular weight is 292 g/mol. The molecule has 1 aliphatic rings. The number of nitrogens with one attached hydrogen (secondary N) is 2. The molecule has 0 aromatic carbocycles. The molecule has 7 heteroatoms. The Morgan fingerprint density at radius 2 is 2.33 bits per heavy atom. The van der Waals surface area contributed by atoms with Crippen molar-refractivity contribution >= 4 is 11.9 Å². The third-order valence-corrected chi connectivity index (χ3v) is 3.51. The van der Waals surface area contributed by atoms with Crippen molar-refractivity contribution in [1.29, 1.82) is 0 Å². The third kappa shape index (κ3) is 3.77. The fourth-order valence-electron chi connectivity index (χ4n) is 2.33. The van der Waals surface area contributed by atoms with Crippen LogP contribution in [-0.2, 0) is 16.1 Å². The average Bonchev–Trinajstić information content (AvgIpc) is 2.54. The van der Waals surface area contributed by atoms with Crippen LogP contribution in [0, 0.1) is 0 Å². The van der Waals surface area contributed by atoms with Crippen molar-refractivity contribution < 1.29 is 14.3 Å². The van der Waals surface area contributed by atoms with E-state index in [-0.39, 0.29) is 11.9 Å². The number of nitrogens with zero attached hydrogens (tertiary/aromatic N) is 2. The lowest BCUT2D eigenvalue weighted by Crippen LogP contribution is -2.56. The fraction of sp³-hybridized carbons (Fsp3) is 0.500. The number of esters is 1. The number of pyridine rings is 1. The summed E-state index contributed by atoms with van der Waals surface area (Å²) in [5.74, 6) is -0.409. The predicted octanol–water partition coefficient (Wildman–Crippen LogP) is -0.612. The molecule has 114 valence electrons. The zero-order valence-electron chi connectivity index (χ0n) is 12.3. The van der Waals surface area contributed by atoms with E-state index in [1.54, 1.807) is 19.2 Å². The maximum Gasteiger partial charge on any atom is 0.339 e. The molecule has 1 fully saturated rings. The second kappa shape index (κ2) is 7.14. The molecule has 1 unspecified atom stereocenters. The SMILES string of the molecule is CNC(=O)C1CNCCN1Cc1ccc(C(=O)OC)cn1. The fourth-order valence-corrected chi connectivity index (χ4v) is 2.33. The zero-order valence-corrected chi connectivity index (χ0v) is 12.3. The van der Waals surface area contributed by atoms with E-state index in [0.717, 1.165) is 18.8 Å². The number of carbonyl (C=O) groups is 2. The number of likely N-dealkylation sites (N-methyl/N-ethyl adjacent to an activating group) is 1. The van der Waals surface area contributed by atoms with Gasteiger partial charge in [-0.25, -0.2) is 4.79 Å². The molecule has 7 nitrogen and oxygen atoms in total. The highest BCUT2D eigenvalue weighted by molar-refractivity contribution is 5.88. The molecule has 0 aliphatic carbocycles. The van der Waals surface area contributed by atoms with Gasteiger partial charge in [0.15, 0.2) is 0 Å². The van der Waals surface area contributed by atoms with Crippen LogP contribution in [0.4, 0.5) is 0 Å². The summed E-state index contributed by atoms with van der Waals surface area (Å²) in [6, 6.07) is 3.27. The minimum absolute atomic E-state index is 0.00613. The monoisotopic (exact) mass is 292 g/mol. The molecule has 2 heterocycles. The van der Waals surface area contributed by atoms with Crippen molar-refractivity contribution in [2.45, 2.75) is 12.6 Å². The Labute approximate surface area is 123 Å². The highest BCUT2D eigenvalue weighted by atomic mass is 16.5. The summed E-state index contributed by atoms with van der Waals surface area (Å²) in [4.78, 5) is 29.6. The Hall–Kier alpha value is -1.99. The van der Waals surface area contributed by atoms with Crippen LogP contribution in [0.2, 0.25) is 0 Å². The molecule has 21 heavy (non-hydrogen) atoms. The Kier molecular flexibility index (Phi) is 5.24. The Bertz CT molecular complexity index is 503. The van der Waals surface area contributed by atoms with Crippen LogP contribution in [0.15, 0.2) is 18.3 Å². The quantitative estimate of drug-likeness (QED) is 0.720. The van der Waals surface area contributed by atoms with Gasteiger partial charge in [0, 0.05) is 39.4 Å². The van der Waals surface area contributed by atoms with Crippen LogP contribution < -0.4 is 10.6 Å². The van der Waals surface area contributed by atoms with Gasteiger partial charge in [-0.2, -0.15) is 0 Å². The van der Waals surface area contributed by atoms with Crippen molar-refractivity contribution in [1.82, 2.24) is 20.5 Å². The van der Waals surface area contributed by atoms with Crippen LogP contribution in [0.5, 0.6) is 0 Å². The van der Waals surface area contributed by atoms with Gasteiger partial charge in [-0.15, -0.1) is 0 Å². The van der Waals surface area contributed by atoms with Gasteiger partial charge in [-0.1, -0.05) is 0 Å². The van der Waals surface area contributed by atoms with Crippen molar-refractivity contribution in [3.8, 4) is 0 Å². The number of amides is 1. The number of rotatable bonds is 4. The molecule has 1 aromatic rings. The topological polar surface area (TPSA) is 83.6 Å². The molecular formula is C14H20N4O3. The second-order valence-corrected chi connectivity index (χ2v) is 4.83. The van der Waals surface area contributed by atoms with E-state index < -0.39 is 5.97 Å². The normalized spacial score (nSPS) is 19.0. The van der Waals surface area contributed by atoms with Gasteiger partial charge in [0.2, 0.25) is 5.91 Å². The van der Waals surface area contributed by atoms with Crippen LogP contribution in [-0.4, -0.2) is 61.6 Å². The maximum atomic E-state index is 11.9. The van der Waals surface area contributed by atoms with Gasteiger partial charge in [0.25, 0.3) is 0 Å². The van der Waals surface area contributed by atoms with E-state index in [2.05, 4.69) is 25.3 Å². The smallest absolute Gasteiger partial charge is 0.339 e. The van der Waals surface area contributed by atoms with Crippen LogP contribution in [0.25, 0.3) is 0 Å². The summed E-state index contributed by atoms with van der Waals surface area (Å²) in [7, 11) is 2.98. The second-order valence-electron chi connectivity index (χ2n) is 4.83. The predicted molar refractivity (Wildman–Crippen MR) is 76.7 cm³/mol. The summed E-state index contributed by atoms with van der Waals surface area (Å²) in [6.07, 6.45) is 1.50. The van der Waals surface area contributed by atoms with Crippen molar-refractivity contribution in [2.24, 2.45) is 0 Å². The van der Waals surface area contributed by atoms with Crippen LogP contribution in [0.1, 0.15) is 16.1 Å². The first-order valence-electron chi connectivity index (χ1n) is 6.85. The van der Waals surface area contributed by atoms with E-state index in [1.807, 2.05) is 0 Å². The lowest BCUT2D eigenvalue weighted by Gasteiger charge is -2.34.